The van der Waals surface area contributed by atoms with Gasteiger partial charge in [0.25, 0.3) is 0 Å². The number of rotatable bonds is 3. The molecule has 1 saturated heterocycles. The number of anilines is 2. The Balaban J connectivity index is 2.08. The van der Waals surface area contributed by atoms with Gasteiger partial charge in [-0.1, -0.05) is 0 Å². The average Bonchev–Trinajstić information content (AvgIpc) is 2.57. The van der Waals surface area contributed by atoms with E-state index in [0.717, 1.165) is 18.4 Å². The van der Waals surface area contributed by atoms with Gasteiger partial charge < -0.3 is 15.3 Å². The first-order valence-electron chi connectivity index (χ1n) is 7.81. The third-order valence-corrected chi connectivity index (χ3v) is 5.54. The predicted molar refractivity (Wildman–Crippen MR) is 94.8 cm³/mol. The number of aliphatic hydroxyl groups is 1. The van der Waals surface area contributed by atoms with Gasteiger partial charge in [0.05, 0.1) is 17.5 Å². The Kier molecular flexibility index (Phi) is 5.22. The van der Waals surface area contributed by atoms with Gasteiger partial charge in [-0.25, -0.2) is 18.2 Å². The number of aliphatic hydroxyl groups excluding tert-OH is 1. The van der Waals surface area contributed by atoms with Crippen molar-refractivity contribution in [3.8, 4) is 0 Å². The zero-order chi connectivity index (χ0) is 20.0. The molecule has 0 bridgehead atoms. The number of thioether (sulfide) groups is 1. The van der Waals surface area contributed by atoms with Crippen LogP contribution in [-0.4, -0.2) is 55.4 Å². The standard InChI is InChI=1S/C14H17F3N4O4S2/c1-27(24,25)19-21-12(22)8-6-11(20-2-4-26-5-3-20)9(14(15,16)17)7-10(8)18-13(21)23/h6-7,12,19,22H,2-5H2,1H3,(H,18,23). The molecule has 2 amide bonds. The van der Waals surface area contributed by atoms with Gasteiger partial charge in [-0.3, -0.25) is 0 Å². The number of halogens is 3. The number of alkyl halides is 3. The van der Waals surface area contributed by atoms with Crippen LogP contribution >= 0.6 is 11.8 Å². The molecule has 0 aromatic heterocycles. The summed E-state index contributed by atoms with van der Waals surface area (Å²) in [5.74, 6) is 1.32. The highest BCUT2D eigenvalue weighted by Crippen LogP contribution is 2.43. The average molecular weight is 426 g/mol. The van der Waals surface area contributed by atoms with Crippen LogP contribution in [0.2, 0.25) is 0 Å². The quantitative estimate of drug-likeness (QED) is 0.678. The number of amides is 2. The molecule has 3 rings (SSSR count). The van der Waals surface area contributed by atoms with E-state index in [2.05, 4.69) is 5.32 Å². The molecular formula is C14H17F3N4O4S2. The van der Waals surface area contributed by atoms with E-state index in [4.69, 9.17) is 0 Å². The maximum atomic E-state index is 13.6. The van der Waals surface area contributed by atoms with Crippen molar-refractivity contribution in [2.45, 2.75) is 12.4 Å². The number of carbonyl (C=O) groups is 1. The van der Waals surface area contributed by atoms with Crippen LogP contribution in [0.25, 0.3) is 0 Å². The van der Waals surface area contributed by atoms with Crippen LogP contribution in [0.5, 0.6) is 0 Å². The second kappa shape index (κ2) is 7.04. The highest BCUT2D eigenvalue weighted by Gasteiger charge is 2.40. The van der Waals surface area contributed by atoms with E-state index in [9.17, 15) is 31.5 Å². The van der Waals surface area contributed by atoms with Crippen LogP contribution in [0.4, 0.5) is 29.3 Å². The second-order valence-corrected chi connectivity index (χ2v) is 9.04. The van der Waals surface area contributed by atoms with Crippen molar-refractivity contribution >= 4 is 39.2 Å². The minimum Gasteiger partial charge on any atom is -0.369 e. The Hall–Kier alpha value is -1.70. The summed E-state index contributed by atoms with van der Waals surface area (Å²) in [6.07, 6.45) is -5.65. The third-order valence-electron chi connectivity index (χ3n) is 4.07. The number of hydrogen-bond donors (Lipinski definition) is 3. The van der Waals surface area contributed by atoms with Crippen LogP contribution in [0, 0.1) is 0 Å². The van der Waals surface area contributed by atoms with E-state index in [0.29, 0.717) is 29.6 Å². The summed E-state index contributed by atoms with van der Waals surface area (Å²) in [7, 11) is -3.89. The lowest BCUT2D eigenvalue weighted by atomic mass is 10.0. The molecule has 1 unspecified atom stereocenters. The first-order chi connectivity index (χ1) is 12.5. The van der Waals surface area contributed by atoms with Crippen molar-refractivity contribution in [2.24, 2.45) is 0 Å². The minimum atomic E-state index is -4.66. The number of urea groups is 1. The van der Waals surface area contributed by atoms with E-state index >= 15 is 0 Å². The zero-order valence-corrected chi connectivity index (χ0v) is 15.7. The SMILES string of the molecule is CS(=O)(=O)NN1C(=O)Nc2cc(C(F)(F)F)c(N3CCSCC3)cc2C1O. The third kappa shape index (κ3) is 4.25. The smallest absolute Gasteiger partial charge is 0.369 e. The van der Waals surface area contributed by atoms with Crippen LogP contribution in [0.15, 0.2) is 12.1 Å². The molecule has 1 atom stereocenters. The maximum Gasteiger partial charge on any atom is 0.418 e. The van der Waals surface area contributed by atoms with Gasteiger partial charge in [-0.15, -0.1) is 4.83 Å². The van der Waals surface area contributed by atoms with E-state index in [-0.39, 0.29) is 16.9 Å². The number of fused-ring (bicyclic) bond motifs is 1. The fraction of sp³-hybridized carbons (Fsp3) is 0.500. The molecule has 0 spiro atoms. The summed E-state index contributed by atoms with van der Waals surface area (Å²) in [5, 5.41) is 13.0. The van der Waals surface area contributed by atoms with Crippen molar-refractivity contribution < 1.29 is 31.5 Å². The molecule has 2 heterocycles. The van der Waals surface area contributed by atoms with E-state index < -0.39 is 34.0 Å². The van der Waals surface area contributed by atoms with Crippen molar-refractivity contribution in [3.05, 3.63) is 23.3 Å². The van der Waals surface area contributed by atoms with E-state index in [1.807, 2.05) is 4.83 Å². The number of carbonyl (C=O) groups excluding carboxylic acids is 1. The lowest BCUT2D eigenvalue weighted by Gasteiger charge is -2.36. The first kappa shape index (κ1) is 20.0. The van der Waals surface area contributed by atoms with Crippen molar-refractivity contribution in [3.63, 3.8) is 0 Å². The number of hydrazine groups is 1. The lowest BCUT2D eigenvalue weighted by Crippen LogP contribution is -2.52. The van der Waals surface area contributed by atoms with Gasteiger partial charge in [-0.05, 0) is 12.1 Å². The van der Waals surface area contributed by atoms with E-state index in [1.54, 1.807) is 16.7 Å². The van der Waals surface area contributed by atoms with Gasteiger partial charge >= 0.3 is 12.2 Å². The molecule has 0 saturated carbocycles. The zero-order valence-electron chi connectivity index (χ0n) is 14.1. The second-order valence-electron chi connectivity index (χ2n) is 6.09. The summed E-state index contributed by atoms with van der Waals surface area (Å²) in [5.41, 5.74) is -1.30. The van der Waals surface area contributed by atoms with Gasteiger partial charge in [0.2, 0.25) is 10.0 Å². The van der Waals surface area contributed by atoms with Gasteiger partial charge in [0, 0.05) is 35.8 Å². The highest BCUT2D eigenvalue weighted by atomic mass is 32.2. The topological polar surface area (TPSA) is 102 Å². The lowest BCUT2D eigenvalue weighted by molar-refractivity contribution is -0.137. The van der Waals surface area contributed by atoms with Crippen LogP contribution in [0.3, 0.4) is 0 Å². The van der Waals surface area contributed by atoms with Crippen molar-refractivity contribution in [1.29, 1.82) is 0 Å². The Morgan fingerprint density at radius 2 is 1.93 bits per heavy atom. The molecule has 1 aromatic carbocycles. The molecule has 2 aliphatic rings. The number of hydrogen-bond acceptors (Lipinski definition) is 6. The molecule has 27 heavy (non-hydrogen) atoms. The predicted octanol–water partition coefficient (Wildman–Crippen LogP) is 1.56. The highest BCUT2D eigenvalue weighted by molar-refractivity contribution is 7.99. The van der Waals surface area contributed by atoms with Gasteiger partial charge in [0.1, 0.15) is 0 Å². The minimum absolute atomic E-state index is 0.0352. The van der Waals surface area contributed by atoms with Crippen LogP contribution < -0.4 is 15.0 Å². The largest absolute Gasteiger partial charge is 0.418 e. The molecule has 0 radical (unpaired) electrons. The van der Waals surface area contributed by atoms with Crippen LogP contribution in [0.1, 0.15) is 17.4 Å². The van der Waals surface area contributed by atoms with Gasteiger partial charge in [-0.2, -0.15) is 24.9 Å². The summed E-state index contributed by atoms with van der Waals surface area (Å²) in [6, 6.07) is 0.830. The Morgan fingerprint density at radius 3 is 2.48 bits per heavy atom. The molecule has 1 fully saturated rings. The number of nitrogens with one attached hydrogen (secondary N) is 2. The summed E-state index contributed by atoms with van der Waals surface area (Å²) in [4.78, 5) is 15.4. The Bertz CT molecular complexity index is 857. The molecule has 0 aliphatic carbocycles. The number of sulfonamides is 1. The van der Waals surface area contributed by atoms with Crippen molar-refractivity contribution in [1.82, 2.24) is 9.84 Å². The number of nitrogens with zero attached hydrogens (tertiary/aromatic N) is 2. The molecule has 13 heteroatoms. The summed E-state index contributed by atoms with van der Waals surface area (Å²) >= 11 is 1.63. The Labute approximate surface area is 157 Å². The normalized spacial score (nSPS) is 21.1. The first-order valence-corrected chi connectivity index (χ1v) is 10.9. The monoisotopic (exact) mass is 426 g/mol. The van der Waals surface area contributed by atoms with Gasteiger partial charge in [0.15, 0.2) is 6.23 Å². The van der Waals surface area contributed by atoms with Crippen molar-refractivity contribution in [2.75, 3.05) is 41.1 Å². The molecule has 3 N–H and O–H groups in total. The van der Waals surface area contributed by atoms with Crippen LogP contribution in [-0.2, 0) is 16.2 Å². The summed E-state index contributed by atoms with van der Waals surface area (Å²) in [6.45, 7) is 0.806. The maximum absolute atomic E-state index is 13.6. The fourth-order valence-electron chi connectivity index (χ4n) is 2.91. The Morgan fingerprint density at radius 1 is 1.30 bits per heavy atom. The molecule has 150 valence electrons. The molecular weight excluding hydrogens is 409 g/mol. The molecule has 2 aliphatic heterocycles. The molecule has 1 aromatic rings. The van der Waals surface area contributed by atoms with E-state index in [1.165, 1.54) is 0 Å². The molecule has 8 nitrogen and oxygen atoms in total. The fourth-order valence-corrected chi connectivity index (χ4v) is 4.36. The number of benzene rings is 1. The summed E-state index contributed by atoms with van der Waals surface area (Å²) < 4.78 is 63.5.